The van der Waals surface area contributed by atoms with Crippen LogP contribution in [0, 0.1) is 6.92 Å². The van der Waals surface area contributed by atoms with E-state index in [0.29, 0.717) is 12.4 Å². The van der Waals surface area contributed by atoms with Crippen LogP contribution in [-0.2, 0) is 4.74 Å². The molecule has 0 unspecified atom stereocenters. The molecule has 1 saturated heterocycles. The Hall–Kier alpha value is -1.98. The van der Waals surface area contributed by atoms with E-state index in [-0.39, 0.29) is 12.1 Å². The lowest BCUT2D eigenvalue weighted by atomic mass is 10.1. The molecule has 0 bridgehead atoms. The number of hydrogen-bond donors (Lipinski definition) is 1. The van der Waals surface area contributed by atoms with Crippen LogP contribution < -0.4 is 10.6 Å². The number of nitrogen functional groups attached to an aromatic ring is 1. The molecule has 0 saturated carbocycles. The van der Waals surface area contributed by atoms with Gasteiger partial charge in [0.15, 0.2) is 0 Å². The number of carbonyl (C=O) groups is 1. The van der Waals surface area contributed by atoms with Crippen molar-refractivity contribution in [3.63, 3.8) is 0 Å². The number of carbonyl (C=O) groups excluding carboxylic acids is 1. The predicted molar refractivity (Wildman–Crippen MR) is 88.0 cm³/mol. The molecule has 0 aromatic carbocycles. The molecule has 1 amide bonds. The van der Waals surface area contributed by atoms with Crippen LogP contribution in [0.2, 0.25) is 0 Å². The SMILES string of the molecule is Cc1cc(N2CCN(C(=O)OC(C)(C)C)[C@@H](C)C2)cnc1N. The maximum absolute atomic E-state index is 12.2. The van der Waals surface area contributed by atoms with Gasteiger partial charge in [0.05, 0.1) is 11.9 Å². The Morgan fingerprint density at radius 1 is 1.41 bits per heavy atom. The Labute approximate surface area is 132 Å². The molecule has 2 rings (SSSR count). The second-order valence-corrected chi connectivity index (χ2v) is 6.86. The van der Waals surface area contributed by atoms with Crippen molar-refractivity contribution < 1.29 is 9.53 Å². The van der Waals surface area contributed by atoms with E-state index in [1.54, 1.807) is 11.1 Å². The highest BCUT2D eigenvalue weighted by Crippen LogP contribution is 2.22. The minimum atomic E-state index is -0.466. The number of hydrogen-bond acceptors (Lipinski definition) is 5. The smallest absolute Gasteiger partial charge is 0.410 e. The van der Waals surface area contributed by atoms with E-state index >= 15 is 0 Å². The van der Waals surface area contributed by atoms with Gasteiger partial charge in [-0.3, -0.25) is 0 Å². The van der Waals surface area contributed by atoms with Crippen molar-refractivity contribution in [3.8, 4) is 0 Å². The van der Waals surface area contributed by atoms with Crippen molar-refractivity contribution in [2.45, 2.75) is 46.3 Å². The predicted octanol–water partition coefficient (Wildman–Crippen LogP) is 2.42. The molecule has 122 valence electrons. The van der Waals surface area contributed by atoms with E-state index in [1.807, 2.05) is 40.7 Å². The Bertz CT molecular complexity index is 554. The summed E-state index contributed by atoms with van der Waals surface area (Å²) in [6.07, 6.45) is 1.55. The third kappa shape index (κ3) is 3.81. The minimum absolute atomic E-state index is 0.0847. The van der Waals surface area contributed by atoms with Crippen LogP contribution in [0.3, 0.4) is 0 Å². The van der Waals surface area contributed by atoms with Crippen LogP contribution in [0.5, 0.6) is 0 Å². The first-order chi connectivity index (χ1) is 10.2. The summed E-state index contributed by atoms with van der Waals surface area (Å²) in [5.74, 6) is 0.559. The molecule has 0 radical (unpaired) electrons. The molecular weight excluding hydrogens is 280 g/mol. The van der Waals surface area contributed by atoms with Crippen molar-refractivity contribution in [3.05, 3.63) is 17.8 Å². The lowest BCUT2D eigenvalue weighted by Gasteiger charge is -2.41. The summed E-state index contributed by atoms with van der Waals surface area (Å²) in [5.41, 5.74) is 7.32. The Kier molecular flexibility index (Phi) is 4.49. The lowest BCUT2D eigenvalue weighted by Crippen LogP contribution is -2.55. The van der Waals surface area contributed by atoms with Gasteiger partial charge in [0, 0.05) is 25.7 Å². The fourth-order valence-electron chi connectivity index (χ4n) is 2.53. The van der Waals surface area contributed by atoms with Crippen LogP contribution in [0.4, 0.5) is 16.3 Å². The largest absolute Gasteiger partial charge is 0.444 e. The molecule has 0 spiro atoms. The van der Waals surface area contributed by atoms with E-state index in [2.05, 4.69) is 9.88 Å². The molecule has 1 aromatic heterocycles. The standard InChI is InChI=1S/C16H26N4O2/c1-11-8-13(9-18-14(11)17)19-6-7-20(12(2)10-19)15(21)22-16(3,4)5/h8-9,12H,6-7,10H2,1-5H3,(H2,17,18)/t12-/m0/s1. The fraction of sp³-hybridized carbons (Fsp3) is 0.625. The van der Waals surface area contributed by atoms with Crippen molar-refractivity contribution in [2.24, 2.45) is 0 Å². The molecule has 1 aromatic rings. The number of nitrogens with zero attached hydrogens (tertiary/aromatic N) is 3. The summed E-state index contributed by atoms with van der Waals surface area (Å²) in [5, 5.41) is 0. The number of aryl methyl sites for hydroxylation is 1. The van der Waals surface area contributed by atoms with Crippen LogP contribution in [0.1, 0.15) is 33.3 Å². The summed E-state index contributed by atoms with van der Waals surface area (Å²) >= 11 is 0. The van der Waals surface area contributed by atoms with Gasteiger partial charge in [-0.25, -0.2) is 9.78 Å². The Morgan fingerprint density at radius 2 is 2.09 bits per heavy atom. The van der Waals surface area contributed by atoms with Crippen LogP contribution in [0.25, 0.3) is 0 Å². The average Bonchev–Trinajstić information content (AvgIpc) is 2.39. The van der Waals surface area contributed by atoms with Crippen molar-refractivity contribution in [1.29, 1.82) is 0 Å². The number of ether oxygens (including phenoxy) is 1. The zero-order valence-electron chi connectivity index (χ0n) is 14.1. The summed E-state index contributed by atoms with van der Waals surface area (Å²) < 4.78 is 5.46. The molecule has 6 nitrogen and oxygen atoms in total. The number of pyridine rings is 1. The molecule has 1 aliphatic rings. The monoisotopic (exact) mass is 306 g/mol. The fourth-order valence-corrected chi connectivity index (χ4v) is 2.53. The maximum Gasteiger partial charge on any atom is 0.410 e. The highest BCUT2D eigenvalue weighted by Gasteiger charge is 2.31. The quantitative estimate of drug-likeness (QED) is 0.862. The summed E-state index contributed by atoms with van der Waals surface area (Å²) in [4.78, 5) is 20.5. The molecule has 6 heteroatoms. The summed E-state index contributed by atoms with van der Waals surface area (Å²) in [7, 11) is 0. The zero-order chi connectivity index (χ0) is 16.5. The molecule has 22 heavy (non-hydrogen) atoms. The number of piperazine rings is 1. The third-order valence-electron chi connectivity index (χ3n) is 3.72. The molecule has 1 fully saturated rings. The van der Waals surface area contributed by atoms with E-state index in [9.17, 15) is 4.79 Å². The first kappa shape index (κ1) is 16.4. The first-order valence-corrected chi connectivity index (χ1v) is 7.64. The average molecular weight is 306 g/mol. The minimum Gasteiger partial charge on any atom is -0.444 e. The van der Waals surface area contributed by atoms with E-state index < -0.39 is 5.60 Å². The van der Waals surface area contributed by atoms with Crippen molar-refractivity contribution >= 4 is 17.6 Å². The number of nitrogens with two attached hydrogens (primary N) is 1. The summed E-state index contributed by atoms with van der Waals surface area (Å²) in [6, 6.07) is 2.12. The van der Waals surface area contributed by atoms with Crippen molar-refractivity contribution in [1.82, 2.24) is 9.88 Å². The topological polar surface area (TPSA) is 71.7 Å². The van der Waals surface area contributed by atoms with E-state index in [0.717, 1.165) is 24.3 Å². The molecule has 2 N–H and O–H groups in total. The van der Waals surface area contributed by atoms with Gasteiger partial charge in [-0.15, -0.1) is 0 Å². The zero-order valence-corrected chi connectivity index (χ0v) is 14.1. The first-order valence-electron chi connectivity index (χ1n) is 7.64. The van der Waals surface area contributed by atoms with Gasteiger partial charge in [0.2, 0.25) is 0 Å². The molecular formula is C16H26N4O2. The molecule has 1 atom stereocenters. The molecule has 1 aliphatic heterocycles. The van der Waals surface area contributed by atoms with Gasteiger partial charge < -0.3 is 20.3 Å². The highest BCUT2D eigenvalue weighted by atomic mass is 16.6. The van der Waals surface area contributed by atoms with Gasteiger partial charge in [0.25, 0.3) is 0 Å². The second-order valence-electron chi connectivity index (χ2n) is 6.86. The van der Waals surface area contributed by atoms with Gasteiger partial charge in [-0.2, -0.15) is 0 Å². The van der Waals surface area contributed by atoms with Gasteiger partial charge in [-0.05, 0) is 46.2 Å². The molecule has 2 heterocycles. The normalized spacial score (nSPS) is 19.2. The number of amides is 1. The van der Waals surface area contributed by atoms with Gasteiger partial charge >= 0.3 is 6.09 Å². The lowest BCUT2D eigenvalue weighted by molar-refractivity contribution is 0.0159. The number of anilines is 2. The van der Waals surface area contributed by atoms with Crippen LogP contribution in [-0.4, -0.2) is 47.3 Å². The van der Waals surface area contributed by atoms with Gasteiger partial charge in [0.1, 0.15) is 11.4 Å². The third-order valence-corrected chi connectivity index (χ3v) is 3.72. The number of aromatic nitrogens is 1. The van der Waals surface area contributed by atoms with E-state index in [4.69, 9.17) is 10.5 Å². The van der Waals surface area contributed by atoms with Crippen LogP contribution >= 0.6 is 0 Å². The second kappa shape index (κ2) is 6.02. The van der Waals surface area contributed by atoms with E-state index in [1.165, 1.54) is 0 Å². The Balaban J connectivity index is 2.03. The highest BCUT2D eigenvalue weighted by molar-refractivity contribution is 5.69. The number of rotatable bonds is 1. The maximum atomic E-state index is 12.2. The van der Waals surface area contributed by atoms with Gasteiger partial charge in [-0.1, -0.05) is 0 Å². The Morgan fingerprint density at radius 3 is 2.64 bits per heavy atom. The molecule has 0 aliphatic carbocycles. The van der Waals surface area contributed by atoms with Crippen LogP contribution in [0.15, 0.2) is 12.3 Å². The summed E-state index contributed by atoms with van der Waals surface area (Å²) in [6.45, 7) is 11.8. The van der Waals surface area contributed by atoms with Crippen molar-refractivity contribution in [2.75, 3.05) is 30.3 Å².